The normalized spacial score (nSPS) is 11.5. The van der Waals surface area contributed by atoms with Gasteiger partial charge in [0.1, 0.15) is 5.75 Å². The van der Waals surface area contributed by atoms with Crippen LogP contribution in [0.4, 0.5) is 0 Å². The van der Waals surface area contributed by atoms with Crippen LogP contribution in [0.1, 0.15) is 47.1 Å². The average Bonchev–Trinajstić information content (AvgIpc) is 2.39. The van der Waals surface area contributed by atoms with Gasteiger partial charge in [-0.2, -0.15) is 0 Å². The van der Waals surface area contributed by atoms with Crippen LogP contribution >= 0.6 is 0 Å². The van der Waals surface area contributed by atoms with Crippen molar-refractivity contribution in [3.63, 3.8) is 0 Å². The number of aliphatic hydroxyl groups is 3. The first-order valence-corrected chi connectivity index (χ1v) is 7.89. The SMILES string of the molecule is CC(C)O.CC(C)O.CC(C)[C@@H](CO)N=Cc1ccccc1O.[Ti]. The predicted octanol–water partition coefficient (Wildman–Crippen LogP) is 2.60. The summed E-state index contributed by atoms with van der Waals surface area (Å²) in [4.78, 5) is 4.24. The van der Waals surface area contributed by atoms with Gasteiger partial charge in [0.15, 0.2) is 0 Å². The maximum Gasteiger partial charge on any atom is 0.124 e. The van der Waals surface area contributed by atoms with Crippen molar-refractivity contribution in [3.8, 4) is 5.75 Å². The van der Waals surface area contributed by atoms with Crippen LogP contribution in [0.5, 0.6) is 5.75 Å². The van der Waals surface area contributed by atoms with Gasteiger partial charge in [-0.15, -0.1) is 0 Å². The van der Waals surface area contributed by atoms with E-state index in [4.69, 9.17) is 15.3 Å². The van der Waals surface area contributed by atoms with Crippen molar-refractivity contribution in [1.82, 2.24) is 0 Å². The molecule has 0 radical (unpaired) electrons. The first kappa shape index (κ1) is 28.1. The molecule has 0 unspecified atom stereocenters. The Morgan fingerprint density at radius 1 is 0.958 bits per heavy atom. The van der Waals surface area contributed by atoms with Gasteiger partial charge in [-0.3, -0.25) is 4.99 Å². The first-order valence-electron chi connectivity index (χ1n) is 7.89. The molecule has 0 amide bonds. The summed E-state index contributed by atoms with van der Waals surface area (Å²) in [6.45, 7) is 10.9. The van der Waals surface area contributed by atoms with E-state index in [-0.39, 0.29) is 58.2 Å². The molecule has 0 aliphatic heterocycles. The zero-order chi connectivity index (χ0) is 18.4. The number of nitrogens with zero attached hydrogens (tertiary/aromatic N) is 1. The molecule has 5 nitrogen and oxygen atoms in total. The Bertz CT molecular complexity index is 412. The van der Waals surface area contributed by atoms with Crippen molar-refractivity contribution in [2.45, 2.75) is 59.8 Å². The molecule has 0 saturated heterocycles. The number of aliphatic hydroxyl groups excluding tert-OH is 3. The molecule has 0 aromatic heterocycles. The molecule has 1 rings (SSSR count). The van der Waals surface area contributed by atoms with Crippen LogP contribution in [0.15, 0.2) is 29.3 Å². The predicted molar refractivity (Wildman–Crippen MR) is 96.1 cm³/mol. The second-order valence-corrected chi connectivity index (χ2v) is 6.02. The zero-order valence-electron chi connectivity index (χ0n) is 15.6. The summed E-state index contributed by atoms with van der Waals surface area (Å²) in [5, 5.41) is 34.7. The van der Waals surface area contributed by atoms with Gasteiger partial charge in [-0.1, -0.05) is 26.0 Å². The van der Waals surface area contributed by atoms with Crippen LogP contribution in [0.25, 0.3) is 0 Å². The van der Waals surface area contributed by atoms with Crippen LogP contribution in [0.3, 0.4) is 0 Å². The van der Waals surface area contributed by atoms with Crippen molar-refractivity contribution < 1.29 is 42.1 Å². The maximum atomic E-state index is 9.48. The molecule has 0 bridgehead atoms. The Kier molecular flexibility index (Phi) is 20.0. The number of para-hydroxylation sites is 1. The number of hydrogen-bond acceptors (Lipinski definition) is 5. The van der Waals surface area contributed by atoms with Gasteiger partial charge in [0.25, 0.3) is 0 Å². The summed E-state index contributed by atoms with van der Waals surface area (Å²) in [6.07, 6.45) is 1.27. The number of aliphatic imine (C=N–C) groups is 1. The van der Waals surface area contributed by atoms with Gasteiger partial charge >= 0.3 is 0 Å². The zero-order valence-corrected chi connectivity index (χ0v) is 17.2. The van der Waals surface area contributed by atoms with Crippen LogP contribution in [-0.2, 0) is 21.7 Å². The average molecular weight is 375 g/mol. The number of rotatable bonds is 4. The fourth-order valence-electron chi connectivity index (χ4n) is 1.20. The van der Waals surface area contributed by atoms with Gasteiger partial charge in [0.2, 0.25) is 0 Å². The molecule has 138 valence electrons. The molecule has 1 aromatic carbocycles. The van der Waals surface area contributed by atoms with E-state index in [2.05, 4.69) is 4.99 Å². The van der Waals surface area contributed by atoms with E-state index in [0.717, 1.165) is 0 Å². The quantitative estimate of drug-likeness (QED) is 0.481. The molecule has 24 heavy (non-hydrogen) atoms. The Morgan fingerprint density at radius 2 is 1.38 bits per heavy atom. The van der Waals surface area contributed by atoms with Gasteiger partial charge in [0.05, 0.1) is 12.6 Å². The van der Waals surface area contributed by atoms with Crippen LogP contribution < -0.4 is 0 Å². The van der Waals surface area contributed by atoms with Crippen molar-refractivity contribution in [2.24, 2.45) is 10.9 Å². The molecular weight excluding hydrogens is 342 g/mol. The van der Waals surface area contributed by atoms with Crippen LogP contribution in [0.2, 0.25) is 0 Å². The van der Waals surface area contributed by atoms with Gasteiger partial charge in [-0.25, -0.2) is 0 Å². The fraction of sp³-hybridized carbons (Fsp3) is 0.611. The third kappa shape index (κ3) is 19.3. The summed E-state index contributed by atoms with van der Waals surface area (Å²) in [7, 11) is 0. The standard InChI is InChI=1S/C12H17NO2.2C3H8O.Ti/c1-9(2)11(8-14)13-7-10-5-3-4-6-12(10)15;2*1-3(2)4;/h3-7,9,11,14-15H,8H2,1-2H3;2*3-4H,1-2H3;/t11-;;;/m1.../s1. The van der Waals surface area contributed by atoms with E-state index in [1.807, 2.05) is 19.9 Å². The van der Waals surface area contributed by atoms with Gasteiger partial charge < -0.3 is 20.4 Å². The summed E-state index contributed by atoms with van der Waals surface area (Å²) < 4.78 is 0. The van der Waals surface area contributed by atoms with Crippen molar-refractivity contribution in [3.05, 3.63) is 29.8 Å². The van der Waals surface area contributed by atoms with E-state index in [1.54, 1.807) is 52.1 Å². The monoisotopic (exact) mass is 375 g/mol. The fourth-order valence-corrected chi connectivity index (χ4v) is 1.20. The first-order chi connectivity index (χ1) is 10.6. The second kappa shape index (κ2) is 17.1. The smallest absolute Gasteiger partial charge is 0.124 e. The summed E-state index contributed by atoms with van der Waals surface area (Å²) >= 11 is 0. The van der Waals surface area contributed by atoms with Crippen LogP contribution in [0, 0.1) is 5.92 Å². The topological polar surface area (TPSA) is 93.3 Å². The van der Waals surface area contributed by atoms with E-state index in [9.17, 15) is 5.11 Å². The van der Waals surface area contributed by atoms with Crippen molar-refractivity contribution in [1.29, 1.82) is 0 Å². The molecule has 4 N–H and O–H groups in total. The number of benzene rings is 1. The molecule has 0 heterocycles. The minimum atomic E-state index is -0.167. The Morgan fingerprint density at radius 3 is 1.71 bits per heavy atom. The van der Waals surface area contributed by atoms with Gasteiger partial charge in [0, 0.05) is 45.7 Å². The number of phenolic OH excluding ortho intramolecular Hbond substituents is 1. The summed E-state index contributed by atoms with van der Waals surface area (Å²) in [5.41, 5.74) is 0.677. The van der Waals surface area contributed by atoms with E-state index in [1.165, 1.54) is 0 Å². The molecular formula is C18H33NO4Ti. The number of hydrogen-bond donors (Lipinski definition) is 4. The molecule has 6 heteroatoms. The largest absolute Gasteiger partial charge is 0.507 e. The Hall–Kier alpha value is -0.716. The van der Waals surface area contributed by atoms with E-state index < -0.39 is 0 Å². The molecule has 0 saturated carbocycles. The Balaban J connectivity index is -0.000000413. The molecule has 0 fully saturated rings. The third-order valence-electron chi connectivity index (χ3n) is 2.30. The van der Waals surface area contributed by atoms with Crippen molar-refractivity contribution in [2.75, 3.05) is 6.61 Å². The minimum absolute atomic E-state index is 0. The third-order valence-corrected chi connectivity index (χ3v) is 2.30. The van der Waals surface area contributed by atoms with E-state index >= 15 is 0 Å². The molecule has 1 atom stereocenters. The van der Waals surface area contributed by atoms with Gasteiger partial charge in [-0.05, 0) is 45.7 Å². The van der Waals surface area contributed by atoms with E-state index in [0.29, 0.717) is 5.56 Å². The summed E-state index contributed by atoms with van der Waals surface area (Å²) in [6, 6.07) is 6.89. The Labute approximate surface area is 161 Å². The second-order valence-electron chi connectivity index (χ2n) is 6.02. The molecule has 0 aliphatic rings. The maximum absolute atomic E-state index is 9.48. The number of phenols is 1. The molecule has 1 aromatic rings. The van der Waals surface area contributed by atoms with Crippen molar-refractivity contribution >= 4 is 6.21 Å². The van der Waals surface area contributed by atoms with Crippen LogP contribution in [-0.4, -0.2) is 51.5 Å². The molecule has 0 spiro atoms. The molecule has 0 aliphatic carbocycles. The number of aromatic hydroxyl groups is 1. The summed E-state index contributed by atoms with van der Waals surface area (Å²) in [5.74, 6) is 0.499. The minimum Gasteiger partial charge on any atom is -0.507 e.